The number of hydrogen-bond donors (Lipinski definition) is 1. The van der Waals surface area contributed by atoms with Gasteiger partial charge in [-0.1, -0.05) is 19.1 Å². The minimum atomic E-state index is 0.476. The first kappa shape index (κ1) is 14.4. The SMILES string of the molecule is CCNCc1cccc(OCCCC2CCCO2)c1. The van der Waals surface area contributed by atoms with Crippen molar-refractivity contribution < 1.29 is 9.47 Å². The smallest absolute Gasteiger partial charge is 0.119 e. The van der Waals surface area contributed by atoms with E-state index in [1.165, 1.54) is 18.4 Å². The maximum absolute atomic E-state index is 5.80. The van der Waals surface area contributed by atoms with E-state index in [4.69, 9.17) is 9.47 Å². The molecule has 3 nitrogen and oxygen atoms in total. The lowest BCUT2D eigenvalue weighted by molar-refractivity contribution is 0.0981. The Bertz CT molecular complexity index is 362. The first-order chi connectivity index (χ1) is 9.38. The zero-order valence-electron chi connectivity index (χ0n) is 11.9. The van der Waals surface area contributed by atoms with Crippen LogP contribution >= 0.6 is 0 Å². The maximum Gasteiger partial charge on any atom is 0.119 e. The molecule has 1 N–H and O–H groups in total. The van der Waals surface area contributed by atoms with Crippen molar-refractivity contribution in [1.82, 2.24) is 5.32 Å². The normalized spacial score (nSPS) is 18.7. The van der Waals surface area contributed by atoms with Gasteiger partial charge in [0.15, 0.2) is 0 Å². The van der Waals surface area contributed by atoms with Crippen LogP contribution in [0.4, 0.5) is 0 Å². The third-order valence-electron chi connectivity index (χ3n) is 3.44. The minimum Gasteiger partial charge on any atom is -0.494 e. The highest BCUT2D eigenvalue weighted by molar-refractivity contribution is 5.28. The molecule has 0 amide bonds. The second kappa shape index (κ2) is 8.18. The van der Waals surface area contributed by atoms with Crippen LogP contribution in [0.25, 0.3) is 0 Å². The lowest BCUT2D eigenvalue weighted by atomic mass is 10.1. The summed E-state index contributed by atoms with van der Waals surface area (Å²) in [6.45, 7) is 5.74. The molecule has 0 aromatic heterocycles. The third kappa shape index (κ3) is 5.21. The fourth-order valence-electron chi connectivity index (χ4n) is 2.39. The summed E-state index contributed by atoms with van der Waals surface area (Å²) >= 11 is 0. The van der Waals surface area contributed by atoms with Gasteiger partial charge in [0.25, 0.3) is 0 Å². The Morgan fingerprint density at radius 2 is 2.37 bits per heavy atom. The van der Waals surface area contributed by atoms with Crippen molar-refractivity contribution in [1.29, 1.82) is 0 Å². The standard InChI is InChI=1S/C16H25NO2/c1-2-17-13-14-6-3-7-16(12-14)19-11-5-9-15-8-4-10-18-15/h3,6-7,12,15,17H,2,4-5,8-11,13H2,1H3. The fraction of sp³-hybridized carbons (Fsp3) is 0.625. The van der Waals surface area contributed by atoms with E-state index in [1.54, 1.807) is 0 Å². The first-order valence-corrected chi connectivity index (χ1v) is 7.42. The summed E-state index contributed by atoms with van der Waals surface area (Å²) in [6.07, 6.45) is 5.11. The van der Waals surface area contributed by atoms with Crippen molar-refractivity contribution in [3.8, 4) is 5.75 Å². The highest BCUT2D eigenvalue weighted by Gasteiger charge is 2.14. The molecule has 0 spiro atoms. The first-order valence-electron chi connectivity index (χ1n) is 7.42. The molecule has 0 saturated carbocycles. The van der Waals surface area contributed by atoms with Gasteiger partial charge in [0.2, 0.25) is 0 Å². The van der Waals surface area contributed by atoms with Crippen LogP contribution in [0.3, 0.4) is 0 Å². The van der Waals surface area contributed by atoms with E-state index < -0.39 is 0 Å². The summed E-state index contributed by atoms with van der Waals surface area (Å²) in [4.78, 5) is 0. The summed E-state index contributed by atoms with van der Waals surface area (Å²) in [5.74, 6) is 0.975. The van der Waals surface area contributed by atoms with Gasteiger partial charge in [-0.3, -0.25) is 0 Å². The molecule has 1 saturated heterocycles. The molecule has 1 aromatic carbocycles. The van der Waals surface area contributed by atoms with Crippen LogP contribution in [0.15, 0.2) is 24.3 Å². The van der Waals surface area contributed by atoms with Crippen LogP contribution in [0.5, 0.6) is 5.75 Å². The van der Waals surface area contributed by atoms with Crippen molar-refractivity contribution in [2.45, 2.75) is 45.3 Å². The number of rotatable bonds is 8. The average molecular weight is 263 g/mol. The molecule has 0 radical (unpaired) electrons. The average Bonchev–Trinajstić information content (AvgIpc) is 2.95. The Labute approximate surface area is 116 Å². The molecular formula is C16H25NO2. The Morgan fingerprint density at radius 3 is 3.16 bits per heavy atom. The van der Waals surface area contributed by atoms with Crippen molar-refractivity contribution in [3.05, 3.63) is 29.8 Å². The monoisotopic (exact) mass is 263 g/mol. The molecular weight excluding hydrogens is 238 g/mol. The molecule has 1 atom stereocenters. The molecule has 0 bridgehead atoms. The zero-order valence-corrected chi connectivity index (χ0v) is 11.9. The van der Waals surface area contributed by atoms with E-state index in [0.717, 1.165) is 44.9 Å². The molecule has 19 heavy (non-hydrogen) atoms. The van der Waals surface area contributed by atoms with Gasteiger partial charge < -0.3 is 14.8 Å². The van der Waals surface area contributed by atoms with E-state index in [0.29, 0.717) is 6.10 Å². The second-order valence-electron chi connectivity index (χ2n) is 5.05. The molecule has 1 aromatic rings. The summed E-state index contributed by atoms with van der Waals surface area (Å²) in [5.41, 5.74) is 1.28. The predicted octanol–water partition coefficient (Wildman–Crippen LogP) is 3.13. The second-order valence-corrected chi connectivity index (χ2v) is 5.05. The molecule has 1 aliphatic rings. The highest BCUT2D eigenvalue weighted by Crippen LogP contribution is 2.18. The van der Waals surface area contributed by atoms with Crippen molar-refractivity contribution in [2.24, 2.45) is 0 Å². The summed E-state index contributed by atoms with van der Waals surface area (Å²) in [7, 11) is 0. The number of ether oxygens (including phenoxy) is 2. The third-order valence-corrected chi connectivity index (χ3v) is 3.44. The molecule has 1 unspecified atom stereocenters. The molecule has 1 fully saturated rings. The van der Waals surface area contributed by atoms with Gasteiger partial charge in [-0.2, -0.15) is 0 Å². The van der Waals surface area contributed by atoms with Crippen LogP contribution in [0.1, 0.15) is 38.2 Å². The van der Waals surface area contributed by atoms with Crippen molar-refractivity contribution in [2.75, 3.05) is 19.8 Å². The lowest BCUT2D eigenvalue weighted by Gasteiger charge is -2.11. The van der Waals surface area contributed by atoms with Gasteiger partial charge in [-0.15, -0.1) is 0 Å². The van der Waals surface area contributed by atoms with E-state index in [9.17, 15) is 0 Å². The van der Waals surface area contributed by atoms with Crippen LogP contribution in [0.2, 0.25) is 0 Å². The van der Waals surface area contributed by atoms with Crippen LogP contribution in [-0.2, 0) is 11.3 Å². The Morgan fingerprint density at radius 1 is 1.42 bits per heavy atom. The Hall–Kier alpha value is -1.06. The lowest BCUT2D eigenvalue weighted by Crippen LogP contribution is -2.11. The largest absolute Gasteiger partial charge is 0.494 e. The molecule has 1 heterocycles. The molecule has 0 aliphatic carbocycles. The van der Waals surface area contributed by atoms with E-state index in [1.807, 2.05) is 6.07 Å². The van der Waals surface area contributed by atoms with Crippen LogP contribution in [-0.4, -0.2) is 25.9 Å². The Balaban J connectivity index is 1.66. The fourth-order valence-corrected chi connectivity index (χ4v) is 2.39. The molecule has 3 heteroatoms. The topological polar surface area (TPSA) is 30.5 Å². The van der Waals surface area contributed by atoms with Crippen molar-refractivity contribution in [3.63, 3.8) is 0 Å². The van der Waals surface area contributed by atoms with Gasteiger partial charge in [0.1, 0.15) is 5.75 Å². The van der Waals surface area contributed by atoms with E-state index in [-0.39, 0.29) is 0 Å². The van der Waals surface area contributed by atoms with Crippen LogP contribution < -0.4 is 10.1 Å². The molecule has 1 aliphatic heterocycles. The number of hydrogen-bond acceptors (Lipinski definition) is 3. The van der Waals surface area contributed by atoms with E-state index >= 15 is 0 Å². The molecule has 2 rings (SSSR count). The van der Waals surface area contributed by atoms with Gasteiger partial charge in [0.05, 0.1) is 12.7 Å². The van der Waals surface area contributed by atoms with Gasteiger partial charge in [-0.25, -0.2) is 0 Å². The highest BCUT2D eigenvalue weighted by atomic mass is 16.5. The number of nitrogens with one attached hydrogen (secondary N) is 1. The van der Waals surface area contributed by atoms with Gasteiger partial charge >= 0.3 is 0 Å². The zero-order chi connectivity index (χ0) is 13.3. The van der Waals surface area contributed by atoms with Crippen LogP contribution in [0, 0.1) is 0 Å². The van der Waals surface area contributed by atoms with Gasteiger partial charge in [-0.05, 0) is 49.9 Å². The van der Waals surface area contributed by atoms with E-state index in [2.05, 4.69) is 30.4 Å². The quantitative estimate of drug-likeness (QED) is 0.731. The van der Waals surface area contributed by atoms with Crippen molar-refractivity contribution >= 4 is 0 Å². The summed E-state index contributed by atoms with van der Waals surface area (Å²) in [5, 5.41) is 3.32. The molecule has 106 valence electrons. The summed E-state index contributed by atoms with van der Waals surface area (Å²) < 4.78 is 11.4. The predicted molar refractivity (Wildman–Crippen MR) is 77.5 cm³/mol. The van der Waals surface area contributed by atoms with Gasteiger partial charge in [0, 0.05) is 13.2 Å². The summed E-state index contributed by atoms with van der Waals surface area (Å²) in [6, 6.07) is 8.33. The Kier molecular flexibility index (Phi) is 6.18. The minimum absolute atomic E-state index is 0.476. The number of benzene rings is 1. The maximum atomic E-state index is 5.80.